The molecule has 6 rings (SSSR count). The predicted octanol–water partition coefficient (Wildman–Crippen LogP) is 3.53. The van der Waals surface area contributed by atoms with Crippen molar-refractivity contribution in [2.75, 3.05) is 13.6 Å². The van der Waals surface area contributed by atoms with E-state index >= 15 is 0 Å². The molecular formula is C31H31N5O7S. The maximum atomic E-state index is 13.8. The highest BCUT2D eigenvalue weighted by atomic mass is 32.2. The summed E-state index contributed by atoms with van der Waals surface area (Å²) >= 11 is 1.23. The van der Waals surface area contributed by atoms with Crippen LogP contribution in [0.25, 0.3) is 10.9 Å². The number of hydrogen-bond acceptors (Lipinski definition) is 10. The molecule has 2 N–H and O–H groups in total. The molecule has 0 saturated heterocycles. The Morgan fingerprint density at radius 3 is 2.48 bits per heavy atom. The Morgan fingerprint density at radius 2 is 1.70 bits per heavy atom. The van der Waals surface area contributed by atoms with Crippen molar-refractivity contribution in [3.63, 3.8) is 0 Å². The first-order valence-electron chi connectivity index (χ1n) is 14.3. The molecule has 0 radical (unpaired) electrons. The molecule has 1 atom stereocenters. The largest absolute Gasteiger partial charge is 0.454 e. The Bertz CT molecular complexity index is 1750. The number of carbonyl (C=O) groups is 2. The molecule has 0 aliphatic carbocycles. The van der Waals surface area contributed by atoms with E-state index in [0.717, 1.165) is 11.1 Å². The Labute approximate surface area is 257 Å². The minimum Gasteiger partial charge on any atom is -0.454 e. The lowest BCUT2D eigenvalue weighted by atomic mass is 10.2. The SMILES string of the molecule is CCC(Sc1nc2cc3c(cc2c(=O)n1CCCC(=O)NCc1ccc2c(c1)OCO2)OCO3)C(=O)NCc1cccnc1. The van der Waals surface area contributed by atoms with Gasteiger partial charge in [-0.1, -0.05) is 30.8 Å². The summed E-state index contributed by atoms with van der Waals surface area (Å²) in [7, 11) is 0. The summed E-state index contributed by atoms with van der Waals surface area (Å²) in [6, 6.07) is 12.6. The Hall–Kier alpha value is -4.78. The van der Waals surface area contributed by atoms with Crippen LogP contribution in [-0.2, 0) is 29.2 Å². The molecule has 44 heavy (non-hydrogen) atoms. The van der Waals surface area contributed by atoms with Crippen molar-refractivity contribution in [1.29, 1.82) is 0 Å². The van der Waals surface area contributed by atoms with E-state index in [1.807, 2.05) is 37.3 Å². The first kappa shape index (κ1) is 29.3. The number of amides is 2. The third kappa shape index (κ3) is 6.57. The van der Waals surface area contributed by atoms with Gasteiger partial charge in [0.1, 0.15) is 0 Å². The first-order valence-corrected chi connectivity index (χ1v) is 15.2. The van der Waals surface area contributed by atoms with Crippen LogP contribution in [0.3, 0.4) is 0 Å². The predicted molar refractivity (Wildman–Crippen MR) is 162 cm³/mol. The number of rotatable bonds is 12. The van der Waals surface area contributed by atoms with E-state index in [2.05, 4.69) is 15.6 Å². The maximum Gasteiger partial charge on any atom is 0.262 e. The number of pyridine rings is 1. The average Bonchev–Trinajstić information content (AvgIpc) is 3.71. The molecule has 2 aromatic heterocycles. The van der Waals surface area contributed by atoms with Crippen molar-refractivity contribution in [1.82, 2.24) is 25.2 Å². The van der Waals surface area contributed by atoms with Gasteiger partial charge < -0.3 is 29.6 Å². The second-order valence-electron chi connectivity index (χ2n) is 10.2. The van der Waals surface area contributed by atoms with Gasteiger partial charge in [-0.25, -0.2) is 4.98 Å². The van der Waals surface area contributed by atoms with Crippen LogP contribution in [0.1, 0.15) is 37.3 Å². The third-order valence-electron chi connectivity index (χ3n) is 7.23. The second-order valence-corrected chi connectivity index (χ2v) is 11.4. The van der Waals surface area contributed by atoms with E-state index in [9.17, 15) is 14.4 Å². The van der Waals surface area contributed by atoms with Crippen LogP contribution in [0, 0.1) is 0 Å². The van der Waals surface area contributed by atoms with Gasteiger partial charge in [0, 0.05) is 44.5 Å². The van der Waals surface area contributed by atoms with Gasteiger partial charge in [0.15, 0.2) is 28.2 Å². The van der Waals surface area contributed by atoms with Crippen LogP contribution >= 0.6 is 11.8 Å². The highest BCUT2D eigenvalue weighted by molar-refractivity contribution is 8.00. The third-order valence-corrected chi connectivity index (χ3v) is 8.58. The molecule has 2 amide bonds. The van der Waals surface area contributed by atoms with Crippen LogP contribution in [0.2, 0.25) is 0 Å². The summed E-state index contributed by atoms with van der Waals surface area (Å²) in [5.41, 5.74) is 1.95. The fourth-order valence-electron chi connectivity index (χ4n) is 4.87. The fourth-order valence-corrected chi connectivity index (χ4v) is 5.93. The van der Waals surface area contributed by atoms with E-state index in [1.165, 1.54) is 16.3 Å². The highest BCUT2D eigenvalue weighted by Crippen LogP contribution is 2.36. The number of ether oxygens (including phenoxy) is 4. The lowest BCUT2D eigenvalue weighted by Crippen LogP contribution is -2.33. The van der Waals surface area contributed by atoms with Gasteiger partial charge in [0.25, 0.3) is 5.56 Å². The number of thioether (sulfide) groups is 1. The zero-order valence-corrected chi connectivity index (χ0v) is 24.9. The second kappa shape index (κ2) is 13.2. The van der Waals surface area contributed by atoms with Crippen molar-refractivity contribution in [2.24, 2.45) is 0 Å². The zero-order chi connectivity index (χ0) is 30.5. The highest BCUT2D eigenvalue weighted by Gasteiger charge is 2.24. The van der Waals surface area contributed by atoms with E-state index < -0.39 is 5.25 Å². The van der Waals surface area contributed by atoms with Crippen LogP contribution in [0.4, 0.5) is 0 Å². The van der Waals surface area contributed by atoms with Crippen molar-refractivity contribution >= 4 is 34.5 Å². The molecule has 0 fully saturated rings. The number of nitrogens with zero attached hydrogens (tertiary/aromatic N) is 3. The molecule has 1 unspecified atom stereocenters. The van der Waals surface area contributed by atoms with Crippen LogP contribution < -0.4 is 35.1 Å². The number of hydrogen-bond donors (Lipinski definition) is 2. The minimum atomic E-state index is -0.499. The van der Waals surface area contributed by atoms with Crippen LogP contribution in [-0.4, -0.2) is 45.2 Å². The standard InChI is InChI=1S/C31H31N5O7S/c1-2-27(29(38)34-16-20-5-3-9-32-14-20)44-31-35-22-13-26-25(42-18-43-26)12-21(22)30(39)36(31)10-4-6-28(37)33-15-19-7-8-23-24(11-19)41-17-40-23/h3,5,7-9,11-14,27H,2,4,6,10,15-18H2,1H3,(H,33,37)(H,34,38). The summed E-state index contributed by atoms with van der Waals surface area (Å²) in [5, 5.41) is 6.14. The number of fused-ring (bicyclic) bond motifs is 3. The Balaban J connectivity index is 1.16. The summed E-state index contributed by atoms with van der Waals surface area (Å²) in [6.07, 6.45) is 4.48. The minimum absolute atomic E-state index is 0.0673. The van der Waals surface area contributed by atoms with Gasteiger partial charge in [-0.15, -0.1) is 0 Å². The van der Waals surface area contributed by atoms with Gasteiger partial charge in [-0.3, -0.25) is 23.9 Å². The number of aromatic nitrogens is 3. The van der Waals surface area contributed by atoms with Crippen molar-refractivity contribution < 1.29 is 28.5 Å². The van der Waals surface area contributed by atoms with Crippen LogP contribution in [0.15, 0.2) is 64.8 Å². The lowest BCUT2D eigenvalue weighted by molar-refractivity contribution is -0.121. The van der Waals surface area contributed by atoms with E-state index in [0.29, 0.717) is 65.0 Å². The quantitative estimate of drug-likeness (QED) is 0.179. The number of carbonyl (C=O) groups excluding carboxylic acids is 2. The van der Waals surface area contributed by atoms with Gasteiger partial charge in [-0.2, -0.15) is 0 Å². The normalized spacial score (nSPS) is 13.6. The molecule has 0 saturated carbocycles. The van der Waals surface area contributed by atoms with Gasteiger partial charge >= 0.3 is 0 Å². The number of nitrogens with one attached hydrogen (secondary N) is 2. The fraction of sp³-hybridized carbons (Fsp3) is 0.323. The number of benzene rings is 2. The average molecular weight is 618 g/mol. The van der Waals surface area contributed by atoms with Crippen molar-refractivity contribution in [3.8, 4) is 23.0 Å². The smallest absolute Gasteiger partial charge is 0.262 e. The summed E-state index contributed by atoms with van der Waals surface area (Å²) in [4.78, 5) is 48.5. The summed E-state index contributed by atoms with van der Waals surface area (Å²) in [6.45, 7) is 3.09. The van der Waals surface area contributed by atoms with Crippen molar-refractivity contribution in [3.05, 3.63) is 76.3 Å². The Morgan fingerprint density at radius 1 is 0.955 bits per heavy atom. The summed E-state index contributed by atoms with van der Waals surface area (Å²) in [5.74, 6) is 2.01. The van der Waals surface area contributed by atoms with Gasteiger partial charge in [0.05, 0.1) is 16.2 Å². The molecule has 228 valence electrons. The molecule has 4 aromatic rings. The van der Waals surface area contributed by atoms with E-state index in [1.54, 1.807) is 24.5 Å². The van der Waals surface area contributed by atoms with E-state index in [-0.39, 0.29) is 43.9 Å². The van der Waals surface area contributed by atoms with Crippen LogP contribution in [0.5, 0.6) is 23.0 Å². The molecular weight excluding hydrogens is 586 g/mol. The lowest BCUT2D eigenvalue weighted by Gasteiger charge is -2.18. The topological polar surface area (TPSA) is 143 Å². The molecule has 12 nitrogen and oxygen atoms in total. The monoisotopic (exact) mass is 617 g/mol. The van der Waals surface area contributed by atoms with Gasteiger partial charge in [-0.05, 0) is 48.2 Å². The molecule has 0 bridgehead atoms. The van der Waals surface area contributed by atoms with E-state index in [4.69, 9.17) is 23.9 Å². The molecule has 4 heterocycles. The molecule has 13 heteroatoms. The van der Waals surface area contributed by atoms with Crippen molar-refractivity contribution in [2.45, 2.75) is 56.2 Å². The molecule has 2 aliphatic rings. The zero-order valence-electron chi connectivity index (χ0n) is 24.0. The maximum absolute atomic E-state index is 13.8. The molecule has 2 aromatic carbocycles. The first-order chi connectivity index (χ1) is 21.5. The molecule has 2 aliphatic heterocycles. The molecule has 0 spiro atoms. The summed E-state index contributed by atoms with van der Waals surface area (Å²) < 4.78 is 23.3. The Kier molecular flexibility index (Phi) is 8.82. The van der Waals surface area contributed by atoms with Gasteiger partial charge in [0.2, 0.25) is 25.4 Å².